The monoisotopic (exact) mass is 463 g/mol. The molecule has 1 fully saturated rings. The minimum absolute atomic E-state index is 0.0501. The summed E-state index contributed by atoms with van der Waals surface area (Å²) in [6.45, 7) is 0.999. The van der Waals surface area contributed by atoms with Gasteiger partial charge in [-0.3, -0.25) is 14.9 Å². The minimum Gasteiger partial charge on any atom is -0.467 e. The first kappa shape index (κ1) is 23.7. The normalized spacial score (nSPS) is 19.9. The molecule has 0 aliphatic carbocycles. The molecule has 2 aromatic rings. The molecule has 0 radical (unpaired) electrons. The number of esters is 2. The van der Waals surface area contributed by atoms with Crippen LogP contribution in [0.1, 0.15) is 25.3 Å². The highest BCUT2D eigenvalue weighted by Crippen LogP contribution is 2.32. The van der Waals surface area contributed by atoms with Crippen LogP contribution in [-0.4, -0.2) is 58.1 Å². The summed E-state index contributed by atoms with van der Waals surface area (Å²) in [5, 5.41) is 11.6. The maximum atomic E-state index is 11.9. The van der Waals surface area contributed by atoms with Crippen LogP contribution in [-0.2, 0) is 35.1 Å². The molecule has 1 aromatic carbocycles. The number of ether oxygens (including phenoxy) is 5. The van der Waals surface area contributed by atoms with Crippen LogP contribution in [0.2, 0.25) is 0 Å². The van der Waals surface area contributed by atoms with E-state index < -0.39 is 47.1 Å². The zero-order chi connectivity index (χ0) is 24.0. The molecule has 1 aliphatic heterocycles. The van der Waals surface area contributed by atoms with Crippen molar-refractivity contribution in [2.24, 2.45) is 0 Å². The highest BCUT2D eigenvalue weighted by Gasteiger charge is 2.38. The Balaban J connectivity index is 1.73. The molecule has 3 atom stereocenters. The van der Waals surface area contributed by atoms with Crippen LogP contribution in [0.4, 0.5) is 10.5 Å². The lowest BCUT2D eigenvalue weighted by molar-refractivity contribution is -0.386. The van der Waals surface area contributed by atoms with Crippen molar-refractivity contribution in [1.29, 1.82) is 0 Å². The number of hydrogen-bond acceptors (Lipinski definition) is 11. The molecule has 0 N–H and O–H groups in total. The van der Waals surface area contributed by atoms with Crippen LogP contribution in [0.15, 0.2) is 36.9 Å². The number of hydrogen-bond donors (Lipinski definition) is 0. The molecule has 33 heavy (non-hydrogen) atoms. The molecular weight excluding hydrogens is 442 g/mol. The Morgan fingerprint density at radius 1 is 1.30 bits per heavy atom. The molecule has 0 bridgehead atoms. The maximum Gasteiger partial charge on any atom is 0.419 e. The van der Waals surface area contributed by atoms with Gasteiger partial charge in [-0.05, 0) is 11.6 Å². The summed E-state index contributed by atoms with van der Waals surface area (Å²) in [5.74, 6) is -1.38. The van der Waals surface area contributed by atoms with E-state index in [1.165, 1.54) is 51.0 Å². The van der Waals surface area contributed by atoms with Gasteiger partial charge in [-0.25, -0.2) is 19.1 Å². The van der Waals surface area contributed by atoms with E-state index in [0.29, 0.717) is 5.56 Å². The first-order valence-corrected chi connectivity index (χ1v) is 9.76. The third-order valence-corrected chi connectivity index (χ3v) is 4.60. The largest absolute Gasteiger partial charge is 0.467 e. The van der Waals surface area contributed by atoms with Gasteiger partial charge in [0.1, 0.15) is 19.0 Å². The number of imidazole rings is 1. The van der Waals surface area contributed by atoms with Gasteiger partial charge >= 0.3 is 23.7 Å². The van der Waals surface area contributed by atoms with E-state index in [9.17, 15) is 24.5 Å². The summed E-state index contributed by atoms with van der Waals surface area (Å²) in [5.41, 5.74) is -0.0590. The summed E-state index contributed by atoms with van der Waals surface area (Å²) in [6, 6.07) is 4.00. The quantitative estimate of drug-likeness (QED) is 0.256. The highest BCUT2D eigenvalue weighted by atomic mass is 16.7. The van der Waals surface area contributed by atoms with Gasteiger partial charge in [0.15, 0.2) is 11.9 Å². The van der Waals surface area contributed by atoms with Gasteiger partial charge in [0.2, 0.25) is 6.29 Å². The van der Waals surface area contributed by atoms with Crippen molar-refractivity contribution < 1.29 is 43.0 Å². The second-order valence-electron chi connectivity index (χ2n) is 6.98. The molecule has 13 heteroatoms. The molecular formula is C20H21N3O10. The molecule has 13 nitrogen and oxygen atoms in total. The van der Waals surface area contributed by atoms with Gasteiger partial charge in [-0.1, -0.05) is 6.07 Å². The summed E-state index contributed by atoms with van der Waals surface area (Å²) < 4.78 is 27.3. The Hall–Kier alpha value is -4.00. The summed E-state index contributed by atoms with van der Waals surface area (Å²) in [7, 11) is 1.18. The molecule has 0 amide bonds. The Morgan fingerprint density at radius 2 is 2.09 bits per heavy atom. The van der Waals surface area contributed by atoms with Crippen molar-refractivity contribution in [1.82, 2.24) is 9.55 Å². The number of nitrogens with zero attached hydrogens (tertiary/aromatic N) is 3. The Labute approximate surface area is 187 Å². The van der Waals surface area contributed by atoms with E-state index >= 15 is 0 Å². The van der Waals surface area contributed by atoms with Gasteiger partial charge in [0.05, 0.1) is 12.0 Å². The minimum atomic E-state index is -1.11. The van der Waals surface area contributed by atoms with Crippen molar-refractivity contribution in [2.45, 2.75) is 44.9 Å². The number of carbonyl (C=O) groups excluding carboxylic acids is 3. The molecule has 0 saturated carbocycles. The number of nitro benzene ring substituents is 1. The number of methoxy groups -OCH3 is 1. The lowest BCUT2D eigenvalue weighted by atomic mass is 10.0. The fourth-order valence-electron chi connectivity index (χ4n) is 3.16. The van der Waals surface area contributed by atoms with Gasteiger partial charge in [0, 0.05) is 38.2 Å². The van der Waals surface area contributed by atoms with Crippen LogP contribution >= 0.6 is 0 Å². The highest BCUT2D eigenvalue weighted by molar-refractivity contribution is 5.75. The van der Waals surface area contributed by atoms with E-state index in [0.717, 1.165) is 4.57 Å². The standard InChI is InChI=1S/C20H21N3O10/c1-12(24)31-14-8-17(19(25)29-2)33-18(9-14)32-16-4-3-13(7-15(16)23(27)28)10-30-20(26)22-6-5-21-11-22/h3-7,11,14,17-18H,8-10H2,1-2H3. The van der Waals surface area contributed by atoms with E-state index in [1.54, 1.807) is 0 Å². The van der Waals surface area contributed by atoms with Gasteiger partial charge in [0.25, 0.3) is 0 Å². The zero-order valence-electron chi connectivity index (χ0n) is 17.7. The number of nitro groups is 1. The fraction of sp³-hybridized carbons (Fsp3) is 0.400. The second-order valence-corrected chi connectivity index (χ2v) is 6.98. The van der Waals surface area contributed by atoms with Crippen molar-refractivity contribution in [3.63, 3.8) is 0 Å². The SMILES string of the molecule is COC(=O)C1CC(OC(C)=O)CC(Oc2ccc(COC(=O)n3ccnc3)cc2[N+](=O)[O-])O1. The van der Waals surface area contributed by atoms with Crippen molar-refractivity contribution in [2.75, 3.05) is 7.11 Å². The average molecular weight is 463 g/mol. The summed E-state index contributed by atoms with van der Waals surface area (Å²) in [6.07, 6.45) is 0.594. The molecule has 2 heterocycles. The molecule has 1 saturated heterocycles. The second kappa shape index (κ2) is 10.5. The Morgan fingerprint density at radius 3 is 2.73 bits per heavy atom. The van der Waals surface area contributed by atoms with Crippen LogP contribution in [0.5, 0.6) is 5.75 Å². The van der Waals surface area contributed by atoms with E-state index in [4.69, 9.17) is 18.9 Å². The Bertz CT molecular complexity index is 1020. The van der Waals surface area contributed by atoms with Crippen LogP contribution in [0, 0.1) is 10.1 Å². The molecule has 176 valence electrons. The number of aromatic nitrogens is 2. The zero-order valence-corrected chi connectivity index (χ0v) is 17.7. The third kappa shape index (κ3) is 6.26. The van der Waals surface area contributed by atoms with Crippen LogP contribution in [0.25, 0.3) is 0 Å². The first-order chi connectivity index (χ1) is 15.8. The lowest BCUT2D eigenvalue weighted by Gasteiger charge is -2.33. The van der Waals surface area contributed by atoms with Crippen LogP contribution < -0.4 is 4.74 Å². The predicted octanol–water partition coefficient (Wildman–Crippen LogP) is 1.96. The predicted molar refractivity (Wildman–Crippen MR) is 107 cm³/mol. The van der Waals surface area contributed by atoms with E-state index in [-0.39, 0.29) is 25.2 Å². The smallest absolute Gasteiger partial charge is 0.419 e. The Kier molecular flexibility index (Phi) is 7.56. The average Bonchev–Trinajstić information content (AvgIpc) is 3.32. The molecule has 1 aromatic heterocycles. The van der Waals surface area contributed by atoms with E-state index in [1.807, 2.05) is 0 Å². The molecule has 0 spiro atoms. The topological polar surface area (TPSA) is 158 Å². The van der Waals surface area contributed by atoms with E-state index in [2.05, 4.69) is 9.72 Å². The molecule has 1 aliphatic rings. The van der Waals surface area contributed by atoms with Gasteiger partial charge in [-0.15, -0.1) is 0 Å². The summed E-state index contributed by atoms with van der Waals surface area (Å²) in [4.78, 5) is 49.8. The number of rotatable bonds is 7. The fourth-order valence-corrected chi connectivity index (χ4v) is 3.16. The van der Waals surface area contributed by atoms with Crippen molar-refractivity contribution in [3.05, 3.63) is 52.6 Å². The van der Waals surface area contributed by atoms with Crippen LogP contribution in [0.3, 0.4) is 0 Å². The van der Waals surface area contributed by atoms with Crippen molar-refractivity contribution >= 4 is 23.7 Å². The lowest BCUT2D eigenvalue weighted by Crippen LogP contribution is -2.44. The number of carbonyl (C=O) groups is 3. The molecule has 3 unspecified atom stereocenters. The van der Waals surface area contributed by atoms with Crippen molar-refractivity contribution in [3.8, 4) is 5.75 Å². The summed E-state index contributed by atoms with van der Waals surface area (Å²) >= 11 is 0. The first-order valence-electron chi connectivity index (χ1n) is 9.76. The van der Waals surface area contributed by atoms with Gasteiger partial charge < -0.3 is 23.7 Å². The number of benzene rings is 1. The maximum absolute atomic E-state index is 11.9. The van der Waals surface area contributed by atoms with Gasteiger partial charge in [-0.2, -0.15) is 0 Å². The molecule has 3 rings (SSSR count). The third-order valence-electron chi connectivity index (χ3n) is 4.60.